The average Bonchev–Trinajstić information content (AvgIpc) is 3.51. The number of nitrogens with one attached hydrogen (secondary N) is 1. The van der Waals surface area contributed by atoms with Crippen LogP contribution in [0.5, 0.6) is 0 Å². The van der Waals surface area contributed by atoms with Gasteiger partial charge in [0.15, 0.2) is 0 Å². The summed E-state index contributed by atoms with van der Waals surface area (Å²) in [5.41, 5.74) is 4.81. The Bertz CT molecular complexity index is 1360. The number of thiophene rings is 1. The maximum Gasteiger partial charge on any atom is 0.147 e. The van der Waals surface area contributed by atoms with Crippen molar-refractivity contribution in [2.24, 2.45) is 0 Å². The monoisotopic (exact) mass is 487 g/mol. The van der Waals surface area contributed by atoms with Crippen molar-refractivity contribution in [3.63, 3.8) is 0 Å². The van der Waals surface area contributed by atoms with Crippen LogP contribution in [0.1, 0.15) is 56.7 Å². The van der Waals surface area contributed by atoms with Crippen LogP contribution < -0.4 is 10.2 Å². The predicted molar refractivity (Wildman–Crippen MR) is 145 cm³/mol. The molecule has 7 heteroatoms. The van der Waals surface area contributed by atoms with Crippen LogP contribution in [0.15, 0.2) is 36.7 Å². The van der Waals surface area contributed by atoms with Gasteiger partial charge < -0.3 is 15.0 Å². The summed E-state index contributed by atoms with van der Waals surface area (Å²) < 4.78 is 7.36. The molecule has 0 amide bonds. The van der Waals surface area contributed by atoms with Gasteiger partial charge in [-0.25, -0.2) is 15.0 Å². The largest absolute Gasteiger partial charge is 0.370 e. The Kier molecular flexibility index (Phi) is 5.85. The molecule has 1 atom stereocenters. The zero-order chi connectivity index (χ0) is 24.0. The van der Waals surface area contributed by atoms with Gasteiger partial charge in [-0.3, -0.25) is 0 Å². The molecule has 1 N–H and O–H groups in total. The van der Waals surface area contributed by atoms with Gasteiger partial charge in [-0.05, 0) is 57.6 Å². The van der Waals surface area contributed by atoms with Crippen LogP contribution in [0.3, 0.4) is 0 Å². The SMILES string of the molecule is C[C@H](CCc1ccccc1)Nc1ncnc2c1sc1nc(N3CCCC3)c3c(c12)CC(C)(C)OC3. The number of ether oxygens (including phenoxy) is 1. The molecule has 3 aromatic heterocycles. The lowest BCUT2D eigenvalue weighted by molar-refractivity contribution is -0.0395. The molecular formula is C28H33N5OS. The van der Waals surface area contributed by atoms with Crippen LogP contribution in [0, 0.1) is 0 Å². The number of benzene rings is 1. The molecule has 6 rings (SSSR count). The summed E-state index contributed by atoms with van der Waals surface area (Å²) in [6.45, 7) is 9.36. The summed E-state index contributed by atoms with van der Waals surface area (Å²) in [7, 11) is 0. The van der Waals surface area contributed by atoms with Gasteiger partial charge in [0, 0.05) is 36.5 Å². The molecular weight excluding hydrogens is 454 g/mol. The molecule has 0 spiro atoms. The van der Waals surface area contributed by atoms with Crippen LogP contribution in [-0.4, -0.2) is 39.7 Å². The van der Waals surface area contributed by atoms with Crippen LogP contribution in [0.2, 0.25) is 0 Å². The predicted octanol–water partition coefficient (Wildman–Crippen LogP) is 6.12. The van der Waals surface area contributed by atoms with E-state index in [2.05, 4.69) is 66.3 Å². The Balaban J connectivity index is 1.39. The molecule has 1 fully saturated rings. The minimum absolute atomic E-state index is 0.197. The second-order valence-electron chi connectivity index (χ2n) is 10.6. The van der Waals surface area contributed by atoms with Crippen molar-refractivity contribution in [1.29, 1.82) is 0 Å². The fourth-order valence-corrected chi connectivity index (χ4v) is 6.52. The normalized spacial score (nSPS) is 18.2. The first-order valence-electron chi connectivity index (χ1n) is 12.8. The van der Waals surface area contributed by atoms with Crippen LogP contribution in [0.25, 0.3) is 20.4 Å². The summed E-state index contributed by atoms with van der Waals surface area (Å²) >= 11 is 1.72. The van der Waals surface area contributed by atoms with Gasteiger partial charge in [0.1, 0.15) is 22.8 Å². The standard InChI is InChI=1S/C28H33N5OS/c1-18(11-12-19-9-5-4-6-10-19)31-25-24-23(29-17-30-25)22-20-15-28(2,3)34-16-21(20)26(32-27(22)35-24)33-13-7-8-14-33/h4-6,9-10,17-18H,7-8,11-16H2,1-3H3,(H,29,30,31)/t18-/m1/s1. The molecule has 5 heterocycles. The molecule has 0 radical (unpaired) electrons. The zero-order valence-electron chi connectivity index (χ0n) is 20.8. The van der Waals surface area contributed by atoms with E-state index < -0.39 is 0 Å². The number of anilines is 2. The number of hydrogen-bond donors (Lipinski definition) is 1. The van der Waals surface area contributed by atoms with Crippen LogP contribution in [0.4, 0.5) is 11.6 Å². The Labute approximate surface area is 210 Å². The van der Waals surface area contributed by atoms with Gasteiger partial charge in [0.25, 0.3) is 0 Å². The maximum absolute atomic E-state index is 6.26. The van der Waals surface area contributed by atoms with E-state index >= 15 is 0 Å². The van der Waals surface area contributed by atoms with E-state index in [1.54, 1.807) is 17.7 Å². The van der Waals surface area contributed by atoms with E-state index in [0.717, 1.165) is 59.0 Å². The molecule has 35 heavy (non-hydrogen) atoms. The second kappa shape index (κ2) is 9.03. The average molecular weight is 488 g/mol. The molecule has 0 saturated carbocycles. The van der Waals surface area contributed by atoms with E-state index in [1.165, 1.54) is 34.9 Å². The molecule has 2 aliphatic rings. The first kappa shape index (κ1) is 22.7. The molecule has 2 aliphatic heterocycles. The minimum atomic E-state index is -0.197. The first-order chi connectivity index (χ1) is 17.0. The lowest BCUT2D eigenvalue weighted by Crippen LogP contribution is -2.33. The van der Waals surface area contributed by atoms with Crippen molar-refractivity contribution in [1.82, 2.24) is 15.0 Å². The minimum Gasteiger partial charge on any atom is -0.370 e. The lowest BCUT2D eigenvalue weighted by Gasteiger charge is -2.34. The summed E-state index contributed by atoms with van der Waals surface area (Å²) in [5.74, 6) is 2.03. The Morgan fingerprint density at radius 2 is 1.91 bits per heavy atom. The fraction of sp³-hybridized carbons (Fsp3) is 0.464. The second-order valence-corrected chi connectivity index (χ2v) is 11.6. The first-order valence-corrected chi connectivity index (χ1v) is 13.6. The molecule has 1 saturated heterocycles. The van der Waals surface area contributed by atoms with Gasteiger partial charge >= 0.3 is 0 Å². The van der Waals surface area contributed by atoms with E-state index in [4.69, 9.17) is 14.7 Å². The Morgan fingerprint density at radius 3 is 2.71 bits per heavy atom. The highest BCUT2D eigenvalue weighted by Crippen LogP contribution is 2.44. The van der Waals surface area contributed by atoms with Gasteiger partial charge in [0.2, 0.25) is 0 Å². The topological polar surface area (TPSA) is 63.2 Å². The summed E-state index contributed by atoms with van der Waals surface area (Å²) in [6.07, 6.45) is 7.11. The van der Waals surface area contributed by atoms with Crippen molar-refractivity contribution in [2.45, 2.75) is 71.1 Å². The smallest absolute Gasteiger partial charge is 0.147 e. The van der Waals surface area contributed by atoms with Crippen molar-refractivity contribution in [2.75, 3.05) is 23.3 Å². The quantitative estimate of drug-likeness (QED) is 0.353. The molecule has 0 unspecified atom stereocenters. The summed E-state index contributed by atoms with van der Waals surface area (Å²) in [5, 5.41) is 4.87. The molecule has 0 aliphatic carbocycles. The number of nitrogens with zero attached hydrogens (tertiary/aromatic N) is 4. The van der Waals surface area contributed by atoms with Gasteiger partial charge in [-0.1, -0.05) is 30.3 Å². The molecule has 4 aromatic rings. The lowest BCUT2D eigenvalue weighted by atomic mass is 9.90. The number of fused-ring (bicyclic) bond motifs is 5. The van der Waals surface area contributed by atoms with E-state index in [9.17, 15) is 0 Å². The number of rotatable bonds is 6. The third kappa shape index (κ3) is 4.36. The summed E-state index contributed by atoms with van der Waals surface area (Å²) in [4.78, 5) is 18.2. The Morgan fingerprint density at radius 1 is 1.11 bits per heavy atom. The molecule has 182 valence electrons. The third-order valence-corrected chi connectivity index (χ3v) is 8.38. The summed E-state index contributed by atoms with van der Waals surface area (Å²) in [6, 6.07) is 11.0. The molecule has 1 aromatic carbocycles. The van der Waals surface area contributed by atoms with Crippen LogP contribution in [-0.2, 0) is 24.2 Å². The van der Waals surface area contributed by atoms with Crippen molar-refractivity contribution in [3.05, 3.63) is 53.3 Å². The molecule has 6 nitrogen and oxygen atoms in total. The fourth-order valence-electron chi connectivity index (χ4n) is 5.42. The van der Waals surface area contributed by atoms with E-state index in [0.29, 0.717) is 12.6 Å². The zero-order valence-corrected chi connectivity index (χ0v) is 21.6. The highest BCUT2D eigenvalue weighted by Gasteiger charge is 2.33. The number of aromatic nitrogens is 3. The number of pyridine rings is 1. The van der Waals surface area contributed by atoms with Gasteiger partial charge in [-0.2, -0.15) is 0 Å². The molecule has 0 bridgehead atoms. The van der Waals surface area contributed by atoms with Gasteiger partial charge in [-0.15, -0.1) is 11.3 Å². The van der Waals surface area contributed by atoms with E-state index in [1.807, 2.05) is 0 Å². The van der Waals surface area contributed by atoms with Crippen molar-refractivity contribution >= 4 is 43.4 Å². The van der Waals surface area contributed by atoms with Crippen molar-refractivity contribution < 1.29 is 4.74 Å². The third-order valence-electron chi connectivity index (χ3n) is 7.30. The maximum atomic E-state index is 6.26. The Hall–Kier alpha value is -2.77. The van der Waals surface area contributed by atoms with Crippen LogP contribution >= 0.6 is 11.3 Å². The van der Waals surface area contributed by atoms with Gasteiger partial charge in [0.05, 0.1) is 22.4 Å². The van der Waals surface area contributed by atoms with Crippen molar-refractivity contribution in [3.8, 4) is 0 Å². The highest BCUT2D eigenvalue weighted by molar-refractivity contribution is 7.26. The van der Waals surface area contributed by atoms with E-state index in [-0.39, 0.29) is 5.60 Å². The highest BCUT2D eigenvalue weighted by atomic mass is 32.1. The number of hydrogen-bond acceptors (Lipinski definition) is 7. The number of aryl methyl sites for hydroxylation is 1.